The van der Waals surface area contributed by atoms with E-state index >= 15 is 0 Å². The first-order valence-corrected chi connectivity index (χ1v) is 9.59. The van der Waals surface area contributed by atoms with E-state index in [0.717, 1.165) is 25.7 Å². The highest BCUT2D eigenvalue weighted by Crippen LogP contribution is 2.21. The lowest BCUT2D eigenvalue weighted by atomic mass is 9.92. The second-order valence-electron chi connectivity index (χ2n) is 7.13. The Balaban J connectivity index is 2.47. The van der Waals surface area contributed by atoms with Gasteiger partial charge >= 0.3 is 5.97 Å². The molecule has 1 saturated carbocycles. The molecular weight excluding hydrogens is 384 g/mol. The van der Waals surface area contributed by atoms with E-state index in [1.165, 1.54) is 13.8 Å². The smallest absolute Gasteiger partial charge is 0.303 e. The molecule has 1 rings (SSSR count). The molecule has 29 heavy (non-hydrogen) atoms. The Morgan fingerprint density at radius 2 is 1.79 bits per heavy atom. The summed E-state index contributed by atoms with van der Waals surface area (Å²) in [6, 6.07) is -2.27. The molecule has 0 aromatic rings. The Bertz CT molecular complexity index is 625. The Morgan fingerprint density at radius 1 is 1.14 bits per heavy atom. The van der Waals surface area contributed by atoms with Crippen molar-refractivity contribution < 1.29 is 33.8 Å². The van der Waals surface area contributed by atoms with Crippen molar-refractivity contribution in [3.05, 3.63) is 0 Å². The molecule has 0 heterocycles. The van der Waals surface area contributed by atoms with E-state index < -0.39 is 35.8 Å². The number of carboxylic acid groups (broad SMARTS) is 1. The molecule has 1 aliphatic carbocycles. The highest BCUT2D eigenvalue weighted by molar-refractivity contribution is 5.91. The number of aliphatic carboxylic acids is 1. The van der Waals surface area contributed by atoms with E-state index in [-0.39, 0.29) is 37.5 Å². The lowest BCUT2D eigenvalue weighted by Gasteiger charge is -2.31. The molecule has 4 amide bonds. The molecule has 1 aliphatic rings. The third-order valence-corrected chi connectivity index (χ3v) is 4.60. The van der Waals surface area contributed by atoms with Crippen molar-refractivity contribution >= 4 is 29.6 Å². The van der Waals surface area contributed by atoms with E-state index in [2.05, 4.69) is 16.0 Å². The maximum Gasteiger partial charge on any atom is 0.303 e. The molecule has 11 nitrogen and oxygen atoms in total. The summed E-state index contributed by atoms with van der Waals surface area (Å²) in [6.07, 6.45) is 2.64. The van der Waals surface area contributed by atoms with E-state index in [1.54, 1.807) is 0 Å². The number of hydrogen-bond acceptors (Lipinski definition) is 6. The van der Waals surface area contributed by atoms with Gasteiger partial charge in [0.2, 0.25) is 23.6 Å². The first-order valence-electron chi connectivity index (χ1n) is 9.59. The second kappa shape index (κ2) is 12.0. The molecule has 0 unspecified atom stereocenters. The van der Waals surface area contributed by atoms with Crippen LogP contribution in [0.5, 0.6) is 0 Å². The van der Waals surface area contributed by atoms with Crippen LogP contribution in [0.15, 0.2) is 0 Å². The number of amides is 4. The van der Waals surface area contributed by atoms with Crippen molar-refractivity contribution in [1.29, 1.82) is 0 Å². The second-order valence-corrected chi connectivity index (χ2v) is 7.13. The van der Waals surface area contributed by atoms with Crippen LogP contribution in [0, 0.1) is 0 Å². The van der Waals surface area contributed by atoms with Crippen molar-refractivity contribution in [2.45, 2.75) is 76.6 Å². The first-order chi connectivity index (χ1) is 13.6. The van der Waals surface area contributed by atoms with Crippen LogP contribution in [0.1, 0.15) is 52.4 Å². The van der Waals surface area contributed by atoms with Crippen LogP contribution in [0.4, 0.5) is 0 Å². The molecule has 1 fully saturated rings. The molecule has 0 radical (unpaired) electrons. The van der Waals surface area contributed by atoms with Crippen LogP contribution in [0.3, 0.4) is 0 Å². The quantitative estimate of drug-likeness (QED) is 0.281. The SMILES string of the molecule is CC(=O)N[C@@H]1CCCC[C@H]1OCC(=O)N[C@@H](C)C(=O)N[C@H](CCC(=O)O)C(N)=O. The molecule has 0 aliphatic heterocycles. The predicted molar refractivity (Wildman–Crippen MR) is 101 cm³/mol. The van der Waals surface area contributed by atoms with Crippen LogP contribution < -0.4 is 21.7 Å². The summed E-state index contributed by atoms with van der Waals surface area (Å²) >= 11 is 0. The van der Waals surface area contributed by atoms with Crippen LogP contribution in [-0.4, -0.2) is 65.5 Å². The summed E-state index contributed by atoms with van der Waals surface area (Å²) in [7, 11) is 0. The summed E-state index contributed by atoms with van der Waals surface area (Å²) < 4.78 is 5.63. The molecule has 0 bridgehead atoms. The highest BCUT2D eigenvalue weighted by atomic mass is 16.5. The Kier molecular flexibility index (Phi) is 10.1. The molecular formula is C18H30N4O7. The number of rotatable bonds is 11. The zero-order valence-corrected chi connectivity index (χ0v) is 16.7. The third kappa shape index (κ3) is 9.37. The van der Waals surface area contributed by atoms with Gasteiger partial charge in [-0.3, -0.25) is 24.0 Å². The van der Waals surface area contributed by atoms with Crippen molar-refractivity contribution in [1.82, 2.24) is 16.0 Å². The largest absolute Gasteiger partial charge is 0.481 e. The van der Waals surface area contributed by atoms with E-state index in [4.69, 9.17) is 15.6 Å². The average molecular weight is 414 g/mol. The minimum atomic E-state index is -1.14. The zero-order valence-electron chi connectivity index (χ0n) is 16.7. The van der Waals surface area contributed by atoms with Gasteiger partial charge in [-0.15, -0.1) is 0 Å². The average Bonchev–Trinajstić information content (AvgIpc) is 2.63. The monoisotopic (exact) mass is 414 g/mol. The van der Waals surface area contributed by atoms with Crippen molar-refractivity contribution in [3.63, 3.8) is 0 Å². The van der Waals surface area contributed by atoms with Gasteiger partial charge in [-0.25, -0.2) is 0 Å². The number of carbonyl (C=O) groups excluding carboxylic acids is 4. The maximum absolute atomic E-state index is 12.1. The summed E-state index contributed by atoms with van der Waals surface area (Å²) in [4.78, 5) is 57.5. The van der Waals surface area contributed by atoms with E-state index in [9.17, 15) is 24.0 Å². The van der Waals surface area contributed by atoms with Gasteiger partial charge in [0.1, 0.15) is 18.7 Å². The van der Waals surface area contributed by atoms with E-state index in [0.29, 0.717) is 0 Å². The third-order valence-electron chi connectivity index (χ3n) is 4.60. The lowest BCUT2D eigenvalue weighted by Crippen LogP contribution is -2.52. The number of carbonyl (C=O) groups is 5. The molecule has 11 heteroatoms. The van der Waals surface area contributed by atoms with Gasteiger partial charge in [-0.05, 0) is 26.2 Å². The van der Waals surface area contributed by atoms with Gasteiger partial charge < -0.3 is 31.5 Å². The Morgan fingerprint density at radius 3 is 2.38 bits per heavy atom. The minimum absolute atomic E-state index is 0.146. The Hall–Kier alpha value is -2.69. The summed E-state index contributed by atoms with van der Waals surface area (Å²) in [5.74, 6) is -3.33. The summed E-state index contributed by atoms with van der Waals surface area (Å²) in [5.41, 5.74) is 5.17. The lowest BCUT2D eigenvalue weighted by molar-refractivity contribution is -0.138. The first kappa shape index (κ1) is 24.3. The number of ether oxygens (including phenoxy) is 1. The number of carboxylic acids is 1. The maximum atomic E-state index is 12.1. The van der Waals surface area contributed by atoms with Gasteiger partial charge in [0.05, 0.1) is 12.1 Å². The molecule has 0 spiro atoms. The van der Waals surface area contributed by atoms with Crippen molar-refractivity contribution in [3.8, 4) is 0 Å². The number of nitrogens with two attached hydrogens (primary N) is 1. The van der Waals surface area contributed by atoms with Crippen LogP contribution in [-0.2, 0) is 28.7 Å². The van der Waals surface area contributed by atoms with Gasteiger partial charge in [0.25, 0.3) is 0 Å². The van der Waals surface area contributed by atoms with Gasteiger partial charge in [0.15, 0.2) is 0 Å². The summed E-state index contributed by atoms with van der Waals surface area (Å²) in [6.45, 7) is 2.56. The Labute approximate surface area is 169 Å². The van der Waals surface area contributed by atoms with Gasteiger partial charge in [-0.2, -0.15) is 0 Å². The van der Waals surface area contributed by atoms with Crippen molar-refractivity contribution in [2.75, 3.05) is 6.61 Å². The number of primary amides is 1. The molecule has 0 aromatic heterocycles. The minimum Gasteiger partial charge on any atom is -0.481 e. The molecule has 0 aromatic carbocycles. The van der Waals surface area contributed by atoms with Crippen LogP contribution in [0.25, 0.3) is 0 Å². The van der Waals surface area contributed by atoms with E-state index in [1.807, 2.05) is 0 Å². The number of hydrogen-bond donors (Lipinski definition) is 5. The fourth-order valence-electron chi connectivity index (χ4n) is 3.10. The van der Waals surface area contributed by atoms with Crippen molar-refractivity contribution in [2.24, 2.45) is 5.73 Å². The normalized spacial score (nSPS) is 20.8. The standard InChI is InChI=1S/C18H30N4O7/c1-10(18(28)22-13(17(19)27)7-8-16(25)26)20-15(24)9-29-14-6-4-3-5-12(14)21-11(2)23/h10,12-14H,3-9H2,1-2H3,(H2,19,27)(H,20,24)(H,21,23)(H,22,28)(H,25,26)/t10-,12+,13+,14+/m0/s1. The summed E-state index contributed by atoms with van der Waals surface area (Å²) in [5, 5.41) is 16.3. The van der Waals surface area contributed by atoms with Gasteiger partial charge in [-0.1, -0.05) is 12.8 Å². The molecule has 0 saturated heterocycles. The fourth-order valence-corrected chi connectivity index (χ4v) is 3.10. The predicted octanol–water partition coefficient (Wildman–Crippen LogP) is -1.21. The fraction of sp³-hybridized carbons (Fsp3) is 0.722. The van der Waals surface area contributed by atoms with Crippen LogP contribution >= 0.6 is 0 Å². The number of nitrogens with one attached hydrogen (secondary N) is 3. The van der Waals surface area contributed by atoms with Gasteiger partial charge in [0, 0.05) is 13.3 Å². The topological polar surface area (TPSA) is 177 Å². The molecule has 4 atom stereocenters. The zero-order chi connectivity index (χ0) is 22.0. The molecule has 6 N–H and O–H groups in total. The van der Waals surface area contributed by atoms with Crippen LogP contribution in [0.2, 0.25) is 0 Å². The molecule has 164 valence electrons. The highest BCUT2D eigenvalue weighted by Gasteiger charge is 2.28.